The van der Waals surface area contributed by atoms with Gasteiger partial charge in [0, 0.05) is 18.3 Å². The van der Waals surface area contributed by atoms with Crippen LogP contribution in [0, 0.1) is 12.8 Å². The van der Waals surface area contributed by atoms with E-state index in [1.807, 2.05) is 13.0 Å². The Bertz CT molecular complexity index is 318. The molecule has 1 atom stereocenters. The number of rotatable bonds is 4. The number of nitrogens with one attached hydrogen (secondary N) is 1. The summed E-state index contributed by atoms with van der Waals surface area (Å²) in [4.78, 5) is 4.49. The predicted molar refractivity (Wildman–Crippen MR) is 62.6 cm³/mol. The molecule has 0 bridgehead atoms. The minimum Gasteiger partial charge on any atom is -0.308 e. The van der Waals surface area contributed by atoms with E-state index >= 15 is 0 Å². The fourth-order valence-corrected chi connectivity index (χ4v) is 2.07. The zero-order valence-corrected chi connectivity index (χ0v) is 9.66. The summed E-state index contributed by atoms with van der Waals surface area (Å²) in [6.45, 7) is 5.23. The van der Waals surface area contributed by atoms with Crippen LogP contribution in [-0.4, -0.2) is 11.0 Å². The van der Waals surface area contributed by atoms with E-state index < -0.39 is 0 Å². The SMILES string of the molecule is Cc1cccc(CNC(C)C2CCC2)n1. The standard InChI is InChI=1S/C13H20N2/c1-10-5-3-8-13(15-10)9-14-11(2)12-6-4-7-12/h3,5,8,11-12,14H,4,6-7,9H2,1-2H3. The Hall–Kier alpha value is -0.890. The lowest BCUT2D eigenvalue weighted by Crippen LogP contribution is -2.36. The van der Waals surface area contributed by atoms with Crippen LogP contribution in [0.25, 0.3) is 0 Å². The second-order valence-corrected chi connectivity index (χ2v) is 4.63. The second kappa shape index (κ2) is 4.75. The van der Waals surface area contributed by atoms with Crippen LogP contribution < -0.4 is 5.32 Å². The van der Waals surface area contributed by atoms with Gasteiger partial charge in [-0.1, -0.05) is 12.5 Å². The van der Waals surface area contributed by atoms with Crippen molar-refractivity contribution in [3.8, 4) is 0 Å². The van der Waals surface area contributed by atoms with Crippen molar-refractivity contribution in [3.63, 3.8) is 0 Å². The van der Waals surface area contributed by atoms with Crippen LogP contribution in [0.5, 0.6) is 0 Å². The van der Waals surface area contributed by atoms with Crippen LogP contribution in [0.4, 0.5) is 0 Å². The second-order valence-electron chi connectivity index (χ2n) is 4.63. The molecule has 0 aliphatic heterocycles. The molecule has 1 aromatic heterocycles. The maximum atomic E-state index is 4.49. The highest BCUT2D eigenvalue weighted by molar-refractivity contribution is 5.09. The topological polar surface area (TPSA) is 24.9 Å². The van der Waals surface area contributed by atoms with Gasteiger partial charge in [-0.05, 0) is 44.7 Å². The first-order valence-electron chi connectivity index (χ1n) is 5.91. The Kier molecular flexibility index (Phi) is 3.37. The highest BCUT2D eigenvalue weighted by atomic mass is 14.9. The molecule has 15 heavy (non-hydrogen) atoms. The van der Waals surface area contributed by atoms with Gasteiger partial charge in [-0.2, -0.15) is 0 Å². The van der Waals surface area contributed by atoms with Gasteiger partial charge < -0.3 is 5.32 Å². The molecule has 82 valence electrons. The molecule has 1 aliphatic rings. The zero-order chi connectivity index (χ0) is 10.7. The predicted octanol–water partition coefficient (Wildman–Crippen LogP) is 2.67. The van der Waals surface area contributed by atoms with Crippen LogP contribution >= 0.6 is 0 Å². The molecule has 1 aliphatic carbocycles. The minimum absolute atomic E-state index is 0.640. The molecule has 1 heterocycles. The normalized spacial score (nSPS) is 18.5. The summed E-state index contributed by atoms with van der Waals surface area (Å²) in [5, 5.41) is 3.57. The maximum absolute atomic E-state index is 4.49. The quantitative estimate of drug-likeness (QED) is 0.815. The zero-order valence-electron chi connectivity index (χ0n) is 9.66. The molecule has 0 spiro atoms. The molecule has 0 radical (unpaired) electrons. The van der Waals surface area contributed by atoms with Gasteiger partial charge in [-0.15, -0.1) is 0 Å². The van der Waals surface area contributed by atoms with E-state index in [0.29, 0.717) is 6.04 Å². The molecule has 2 nitrogen and oxygen atoms in total. The summed E-state index contributed by atoms with van der Waals surface area (Å²) in [7, 11) is 0. The maximum Gasteiger partial charge on any atom is 0.0544 e. The van der Waals surface area contributed by atoms with Crippen molar-refractivity contribution in [3.05, 3.63) is 29.6 Å². The van der Waals surface area contributed by atoms with Crippen LogP contribution in [0.15, 0.2) is 18.2 Å². The van der Waals surface area contributed by atoms with E-state index in [1.165, 1.54) is 19.3 Å². The van der Waals surface area contributed by atoms with Crippen molar-refractivity contribution in [1.82, 2.24) is 10.3 Å². The number of aryl methyl sites for hydroxylation is 1. The lowest BCUT2D eigenvalue weighted by molar-refractivity contribution is 0.239. The molecule has 2 rings (SSSR count). The lowest BCUT2D eigenvalue weighted by Gasteiger charge is -2.32. The highest BCUT2D eigenvalue weighted by Gasteiger charge is 2.23. The van der Waals surface area contributed by atoms with Crippen molar-refractivity contribution >= 4 is 0 Å². The van der Waals surface area contributed by atoms with Crippen LogP contribution in [0.2, 0.25) is 0 Å². The van der Waals surface area contributed by atoms with Gasteiger partial charge in [0.1, 0.15) is 0 Å². The summed E-state index contributed by atoms with van der Waals surface area (Å²) in [5.41, 5.74) is 2.26. The number of hydrogen-bond donors (Lipinski definition) is 1. The number of hydrogen-bond acceptors (Lipinski definition) is 2. The molecular formula is C13H20N2. The third-order valence-corrected chi connectivity index (χ3v) is 3.41. The van der Waals surface area contributed by atoms with Crippen molar-refractivity contribution in [1.29, 1.82) is 0 Å². The van der Waals surface area contributed by atoms with Crippen molar-refractivity contribution in [2.75, 3.05) is 0 Å². The molecule has 1 saturated carbocycles. The number of aromatic nitrogens is 1. The van der Waals surface area contributed by atoms with Gasteiger partial charge in [-0.3, -0.25) is 4.98 Å². The summed E-state index contributed by atoms with van der Waals surface area (Å²) in [6.07, 6.45) is 4.21. The number of pyridine rings is 1. The molecule has 1 fully saturated rings. The van der Waals surface area contributed by atoms with Gasteiger partial charge in [0.2, 0.25) is 0 Å². The monoisotopic (exact) mass is 204 g/mol. The van der Waals surface area contributed by atoms with E-state index in [1.54, 1.807) is 0 Å². The van der Waals surface area contributed by atoms with Crippen LogP contribution in [0.1, 0.15) is 37.6 Å². The third kappa shape index (κ3) is 2.78. The molecule has 1 N–H and O–H groups in total. The first-order valence-corrected chi connectivity index (χ1v) is 5.91. The molecule has 0 amide bonds. The summed E-state index contributed by atoms with van der Waals surface area (Å²) >= 11 is 0. The summed E-state index contributed by atoms with van der Waals surface area (Å²) < 4.78 is 0. The van der Waals surface area contributed by atoms with Gasteiger partial charge in [0.15, 0.2) is 0 Å². The molecule has 0 aromatic carbocycles. The average molecular weight is 204 g/mol. The largest absolute Gasteiger partial charge is 0.308 e. The first-order chi connectivity index (χ1) is 7.25. The van der Waals surface area contributed by atoms with Crippen LogP contribution in [0.3, 0.4) is 0 Å². The minimum atomic E-state index is 0.640. The smallest absolute Gasteiger partial charge is 0.0544 e. The Labute approximate surface area is 92.1 Å². The molecule has 2 heteroatoms. The van der Waals surface area contributed by atoms with Crippen LogP contribution in [-0.2, 0) is 6.54 Å². The molecule has 1 unspecified atom stereocenters. The van der Waals surface area contributed by atoms with E-state index in [9.17, 15) is 0 Å². The summed E-state index contributed by atoms with van der Waals surface area (Å²) in [5.74, 6) is 0.898. The Morgan fingerprint density at radius 1 is 1.47 bits per heavy atom. The van der Waals surface area contributed by atoms with E-state index in [2.05, 4.69) is 29.4 Å². The van der Waals surface area contributed by atoms with Gasteiger partial charge in [-0.25, -0.2) is 0 Å². The van der Waals surface area contributed by atoms with E-state index in [-0.39, 0.29) is 0 Å². The average Bonchev–Trinajstić information content (AvgIpc) is 2.12. The van der Waals surface area contributed by atoms with Gasteiger partial charge >= 0.3 is 0 Å². The summed E-state index contributed by atoms with van der Waals surface area (Å²) in [6, 6.07) is 6.85. The molecule has 0 saturated heterocycles. The molecular weight excluding hydrogens is 184 g/mol. The fourth-order valence-electron chi connectivity index (χ4n) is 2.07. The third-order valence-electron chi connectivity index (χ3n) is 3.41. The van der Waals surface area contributed by atoms with Crippen molar-refractivity contribution in [2.45, 2.75) is 45.7 Å². The Balaban J connectivity index is 1.81. The van der Waals surface area contributed by atoms with E-state index in [0.717, 1.165) is 23.9 Å². The lowest BCUT2D eigenvalue weighted by atomic mass is 9.80. The van der Waals surface area contributed by atoms with Crippen molar-refractivity contribution < 1.29 is 0 Å². The van der Waals surface area contributed by atoms with Gasteiger partial charge in [0.25, 0.3) is 0 Å². The van der Waals surface area contributed by atoms with Gasteiger partial charge in [0.05, 0.1) is 5.69 Å². The van der Waals surface area contributed by atoms with E-state index in [4.69, 9.17) is 0 Å². The van der Waals surface area contributed by atoms with Crippen molar-refractivity contribution in [2.24, 2.45) is 5.92 Å². The first kappa shape index (κ1) is 10.6. The Morgan fingerprint density at radius 2 is 2.27 bits per heavy atom. The highest BCUT2D eigenvalue weighted by Crippen LogP contribution is 2.29. The molecule has 1 aromatic rings. The number of nitrogens with zero attached hydrogens (tertiary/aromatic N) is 1. The fraction of sp³-hybridized carbons (Fsp3) is 0.615. The Morgan fingerprint density at radius 3 is 2.87 bits per heavy atom.